The van der Waals surface area contributed by atoms with Gasteiger partial charge in [-0.1, -0.05) is 0 Å². The number of carbonyl (C=O) groups is 2. The number of nitrogens with one attached hydrogen (secondary N) is 2. The van der Waals surface area contributed by atoms with Crippen LogP contribution in [-0.2, 0) is 9.53 Å². The number of hydrogen-bond donors (Lipinski definition) is 3. The number of rotatable bonds is 3. The molecule has 0 fully saturated rings. The second-order valence-electron chi connectivity index (χ2n) is 3.66. The molecular weight excluding hydrogens is 186 g/mol. The fourth-order valence-corrected chi connectivity index (χ4v) is 0.643. The van der Waals surface area contributed by atoms with Gasteiger partial charge in [0.05, 0.1) is 6.67 Å². The summed E-state index contributed by atoms with van der Waals surface area (Å²) in [6.45, 7) is 5.15. The van der Waals surface area contributed by atoms with E-state index in [0.29, 0.717) is 0 Å². The fraction of sp³-hybridized carbons (Fsp3) is 0.750. The first-order valence-electron chi connectivity index (χ1n) is 4.29. The Balaban J connectivity index is 3.70. The second kappa shape index (κ2) is 5.43. The van der Waals surface area contributed by atoms with Gasteiger partial charge in [0.1, 0.15) is 12.1 Å². The van der Waals surface area contributed by atoms with Crippen LogP contribution < -0.4 is 16.4 Å². The molecule has 0 saturated carbocycles. The van der Waals surface area contributed by atoms with Crippen LogP contribution in [0.5, 0.6) is 0 Å². The summed E-state index contributed by atoms with van der Waals surface area (Å²) >= 11 is 0. The Kier molecular flexibility index (Phi) is 4.93. The monoisotopic (exact) mass is 203 g/mol. The SMILES string of the molecule is CC(C)(C)OC(=O)NCC(=O)NCN. The zero-order valence-corrected chi connectivity index (χ0v) is 8.72. The van der Waals surface area contributed by atoms with E-state index in [0.717, 1.165) is 0 Å². The highest BCUT2D eigenvalue weighted by molar-refractivity contribution is 5.82. The average molecular weight is 203 g/mol. The minimum absolute atomic E-state index is 0.0504. The van der Waals surface area contributed by atoms with Gasteiger partial charge in [0.15, 0.2) is 0 Å². The first-order chi connectivity index (χ1) is 6.35. The third kappa shape index (κ3) is 7.35. The van der Waals surface area contributed by atoms with Crippen molar-refractivity contribution < 1.29 is 14.3 Å². The molecule has 0 bridgehead atoms. The van der Waals surface area contributed by atoms with Crippen LogP contribution >= 0.6 is 0 Å². The Hall–Kier alpha value is -1.30. The summed E-state index contributed by atoms with van der Waals surface area (Å²) < 4.78 is 4.90. The van der Waals surface area contributed by atoms with Crippen molar-refractivity contribution in [3.63, 3.8) is 0 Å². The van der Waals surface area contributed by atoms with E-state index < -0.39 is 11.7 Å². The molecule has 0 radical (unpaired) electrons. The first-order valence-corrected chi connectivity index (χ1v) is 4.29. The van der Waals surface area contributed by atoms with Gasteiger partial charge in [-0.2, -0.15) is 0 Å². The lowest BCUT2D eigenvalue weighted by Crippen LogP contribution is -2.41. The van der Waals surface area contributed by atoms with Crippen LogP contribution in [0.25, 0.3) is 0 Å². The van der Waals surface area contributed by atoms with E-state index in [4.69, 9.17) is 10.5 Å². The van der Waals surface area contributed by atoms with E-state index in [1.165, 1.54) is 0 Å². The smallest absolute Gasteiger partial charge is 0.408 e. The highest BCUT2D eigenvalue weighted by atomic mass is 16.6. The van der Waals surface area contributed by atoms with Gasteiger partial charge in [-0.3, -0.25) is 4.79 Å². The topological polar surface area (TPSA) is 93.4 Å². The van der Waals surface area contributed by atoms with E-state index in [9.17, 15) is 9.59 Å². The van der Waals surface area contributed by atoms with Crippen molar-refractivity contribution in [3.05, 3.63) is 0 Å². The van der Waals surface area contributed by atoms with Crippen molar-refractivity contribution in [3.8, 4) is 0 Å². The maximum atomic E-state index is 11.0. The molecule has 0 aliphatic heterocycles. The first kappa shape index (κ1) is 12.7. The fourth-order valence-electron chi connectivity index (χ4n) is 0.643. The maximum absolute atomic E-state index is 11.0. The molecule has 0 spiro atoms. The van der Waals surface area contributed by atoms with Crippen LogP contribution in [0.3, 0.4) is 0 Å². The summed E-state index contributed by atoms with van der Waals surface area (Å²) in [6.07, 6.45) is -0.621. The number of ether oxygens (including phenoxy) is 1. The predicted molar refractivity (Wildman–Crippen MR) is 51.4 cm³/mol. The number of amides is 2. The van der Waals surface area contributed by atoms with Crippen LogP contribution in [0.15, 0.2) is 0 Å². The molecule has 0 rings (SSSR count). The lowest BCUT2D eigenvalue weighted by molar-refractivity contribution is -0.120. The minimum Gasteiger partial charge on any atom is -0.444 e. The van der Waals surface area contributed by atoms with Crippen molar-refractivity contribution >= 4 is 12.0 Å². The number of alkyl carbamates (subject to hydrolysis) is 1. The number of carbonyl (C=O) groups excluding carboxylic acids is 2. The highest BCUT2D eigenvalue weighted by Crippen LogP contribution is 2.05. The maximum Gasteiger partial charge on any atom is 0.408 e. The Bertz CT molecular complexity index is 210. The van der Waals surface area contributed by atoms with Crippen LogP contribution in [0.2, 0.25) is 0 Å². The van der Waals surface area contributed by atoms with E-state index in [2.05, 4.69) is 10.6 Å². The second-order valence-corrected chi connectivity index (χ2v) is 3.66. The summed E-state index contributed by atoms with van der Waals surface area (Å²) in [4.78, 5) is 21.9. The van der Waals surface area contributed by atoms with Crippen molar-refractivity contribution in [2.24, 2.45) is 5.73 Å². The lowest BCUT2D eigenvalue weighted by Gasteiger charge is -2.19. The Morgan fingerprint density at radius 3 is 2.29 bits per heavy atom. The third-order valence-electron chi connectivity index (χ3n) is 1.09. The van der Waals surface area contributed by atoms with Gasteiger partial charge in [-0.25, -0.2) is 4.79 Å². The summed E-state index contributed by atoms with van der Waals surface area (Å²) in [5.74, 6) is -0.349. The summed E-state index contributed by atoms with van der Waals surface area (Å²) in [6, 6.07) is 0. The number of hydrogen-bond acceptors (Lipinski definition) is 4. The molecule has 0 aromatic carbocycles. The molecule has 0 aliphatic carbocycles. The van der Waals surface area contributed by atoms with Crippen LogP contribution in [0.4, 0.5) is 4.79 Å². The molecular formula is C8H17N3O3. The third-order valence-corrected chi connectivity index (χ3v) is 1.09. The van der Waals surface area contributed by atoms with Gasteiger partial charge in [0.25, 0.3) is 0 Å². The molecule has 82 valence electrons. The Labute approximate surface area is 83.2 Å². The van der Waals surface area contributed by atoms with Crippen LogP contribution in [0, 0.1) is 0 Å². The predicted octanol–water partition coefficient (Wildman–Crippen LogP) is -0.456. The molecule has 0 atom stereocenters. The lowest BCUT2D eigenvalue weighted by atomic mass is 10.2. The van der Waals surface area contributed by atoms with E-state index in [1.807, 2.05) is 0 Å². The van der Waals surface area contributed by atoms with Gasteiger partial charge < -0.3 is 21.1 Å². The van der Waals surface area contributed by atoms with Crippen molar-refractivity contribution in [2.75, 3.05) is 13.2 Å². The van der Waals surface area contributed by atoms with E-state index in [1.54, 1.807) is 20.8 Å². The average Bonchev–Trinajstić information content (AvgIpc) is 1.98. The van der Waals surface area contributed by atoms with E-state index >= 15 is 0 Å². The van der Waals surface area contributed by atoms with Crippen LogP contribution in [0.1, 0.15) is 20.8 Å². The minimum atomic E-state index is -0.621. The van der Waals surface area contributed by atoms with Gasteiger partial charge in [-0.05, 0) is 20.8 Å². The summed E-state index contributed by atoms with van der Waals surface area (Å²) in [5.41, 5.74) is 4.50. The highest BCUT2D eigenvalue weighted by Gasteiger charge is 2.16. The Morgan fingerprint density at radius 2 is 1.86 bits per heavy atom. The zero-order chi connectivity index (χ0) is 11.2. The summed E-state index contributed by atoms with van der Waals surface area (Å²) in [7, 11) is 0. The number of nitrogens with two attached hydrogens (primary N) is 1. The van der Waals surface area contributed by atoms with Crippen molar-refractivity contribution in [1.82, 2.24) is 10.6 Å². The molecule has 6 nitrogen and oxygen atoms in total. The molecule has 14 heavy (non-hydrogen) atoms. The van der Waals surface area contributed by atoms with Gasteiger partial charge in [0, 0.05) is 0 Å². The van der Waals surface area contributed by atoms with Crippen molar-refractivity contribution in [2.45, 2.75) is 26.4 Å². The largest absolute Gasteiger partial charge is 0.444 e. The quantitative estimate of drug-likeness (QED) is 0.541. The molecule has 0 saturated heterocycles. The molecule has 4 N–H and O–H groups in total. The molecule has 6 heteroatoms. The normalized spacial score (nSPS) is 10.6. The van der Waals surface area contributed by atoms with Crippen LogP contribution in [-0.4, -0.2) is 30.8 Å². The molecule has 0 aliphatic rings. The molecule has 2 amide bonds. The standard InChI is InChI=1S/C8H17N3O3/c1-8(2,3)14-7(13)10-4-6(12)11-5-9/h4-5,9H2,1-3H3,(H,10,13)(H,11,12). The summed E-state index contributed by atoms with van der Waals surface area (Å²) in [5, 5.41) is 4.63. The van der Waals surface area contributed by atoms with Crippen molar-refractivity contribution in [1.29, 1.82) is 0 Å². The van der Waals surface area contributed by atoms with Gasteiger partial charge in [0.2, 0.25) is 5.91 Å². The zero-order valence-electron chi connectivity index (χ0n) is 8.72. The molecule has 0 aromatic heterocycles. The molecule has 0 heterocycles. The molecule has 0 unspecified atom stereocenters. The van der Waals surface area contributed by atoms with Gasteiger partial charge in [-0.15, -0.1) is 0 Å². The van der Waals surface area contributed by atoms with Gasteiger partial charge >= 0.3 is 6.09 Å². The molecule has 0 aromatic rings. The Morgan fingerprint density at radius 1 is 1.29 bits per heavy atom. The van der Waals surface area contributed by atoms with E-state index in [-0.39, 0.29) is 19.1 Å².